The summed E-state index contributed by atoms with van der Waals surface area (Å²) < 4.78 is 6.62. The summed E-state index contributed by atoms with van der Waals surface area (Å²) in [6.07, 6.45) is 0. The zero-order chi connectivity index (χ0) is 13.2. The van der Waals surface area contributed by atoms with Gasteiger partial charge in [0.2, 0.25) is 0 Å². The lowest BCUT2D eigenvalue weighted by molar-refractivity contribution is -0.138. The Morgan fingerprint density at radius 1 is 1.59 bits per heavy atom. The van der Waals surface area contributed by atoms with Crippen LogP contribution in [0.3, 0.4) is 0 Å². The number of ether oxygens (including phenoxy) is 1. The van der Waals surface area contributed by atoms with Gasteiger partial charge in [0.1, 0.15) is 0 Å². The highest BCUT2D eigenvalue weighted by atomic mass is 32.1. The molecule has 1 aliphatic rings. The number of esters is 1. The predicted molar refractivity (Wildman–Crippen MR) is 67.9 cm³/mol. The van der Waals surface area contributed by atoms with Gasteiger partial charge in [0.15, 0.2) is 0 Å². The fraction of sp³-hybridized carbons (Fsp3) is 0.500. The fourth-order valence-electron chi connectivity index (χ4n) is 1.93. The lowest BCUT2D eigenvalue weighted by Gasteiger charge is -2.32. The summed E-state index contributed by atoms with van der Waals surface area (Å²) >= 11 is 4.31. The molecule has 0 spiro atoms. The van der Waals surface area contributed by atoms with Crippen LogP contribution in [0.5, 0.6) is 0 Å². The number of hydrogen-bond donors (Lipinski definition) is 1. The molecule has 4 nitrogen and oxygen atoms in total. The Kier molecular flexibility index (Phi) is 4.24. The maximum atomic E-state index is 11.8. The van der Waals surface area contributed by atoms with Crippen molar-refractivity contribution in [2.24, 2.45) is 0 Å². The Morgan fingerprint density at radius 3 is 2.65 bits per heavy atom. The van der Waals surface area contributed by atoms with E-state index in [1.165, 1.54) is 0 Å². The number of rotatable bonds is 2. The molecule has 1 atom stereocenters. The lowest BCUT2D eigenvalue weighted by atomic mass is 9.92. The molecule has 0 aromatic carbocycles. The van der Waals surface area contributed by atoms with Gasteiger partial charge in [0, 0.05) is 5.70 Å². The Morgan fingerprint density at radius 2 is 2.18 bits per heavy atom. The van der Waals surface area contributed by atoms with Crippen LogP contribution in [-0.2, 0) is 9.53 Å². The van der Waals surface area contributed by atoms with Crippen molar-refractivity contribution in [2.75, 3.05) is 6.61 Å². The van der Waals surface area contributed by atoms with Crippen molar-refractivity contribution in [1.82, 2.24) is 4.31 Å². The van der Waals surface area contributed by atoms with Crippen molar-refractivity contribution in [1.29, 1.82) is 5.26 Å². The molecule has 5 heteroatoms. The van der Waals surface area contributed by atoms with Gasteiger partial charge in [-0.2, -0.15) is 5.26 Å². The minimum absolute atomic E-state index is 0.137. The highest BCUT2D eigenvalue weighted by Crippen LogP contribution is 2.33. The molecule has 17 heavy (non-hydrogen) atoms. The maximum absolute atomic E-state index is 11.8. The van der Waals surface area contributed by atoms with Crippen molar-refractivity contribution >= 4 is 18.8 Å². The van der Waals surface area contributed by atoms with Gasteiger partial charge in [-0.3, -0.25) is 0 Å². The quantitative estimate of drug-likeness (QED) is 0.605. The molecule has 0 saturated carbocycles. The smallest absolute Gasteiger partial charge is 0.340 e. The zero-order valence-corrected chi connectivity index (χ0v) is 11.3. The van der Waals surface area contributed by atoms with E-state index in [9.17, 15) is 4.79 Å². The van der Waals surface area contributed by atoms with E-state index in [2.05, 4.69) is 18.9 Å². The van der Waals surface area contributed by atoms with Crippen LogP contribution in [0.2, 0.25) is 0 Å². The van der Waals surface area contributed by atoms with Gasteiger partial charge in [-0.05, 0) is 33.3 Å². The van der Waals surface area contributed by atoms with Crippen LogP contribution < -0.4 is 0 Å². The molecule has 0 N–H and O–H groups in total. The van der Waals surface area contributed by atoms with Crippen molar-refractivity contribution in [3.8, 4) is 6.07 Å². The minimum atomic E-state index is -0.402. The summed E-state index contributed by atoms with van der Waals surface area (Å²) in [6, 6.07) is 1.99. The number of nitriles is 1. The molecule has 1 rings (SSSR count). The largest absolute Gasteiger partial charge is 0.462 e. The van der Waals surface area contributed by atoms with Gasteiger partial charge in [-0.1, -0.05) is 12.8 Å². The number of carbonyl (C=O) groups is 1. The molecular weight excluding hydrogens is 236 g/mol. The number of thiol groups is 1. The summed E-state index contributed by atoms with van der Waals surface area (Å²) in [5.41, 5.74) is 2.39. The maximum Gasteiger partial charge on any atom is 0.340 e. The van der Waals surface area contributed by atoms with Crippen LogP contribution in [0.15, 0.2) is 22.4 Å². The van der Waals surface area contributed by atoms with Crippen LogP contribution in [0, 0.1) is 11.3 Å². The molecule has 0 aromatic rings. The predicted octanol–water partition coefficient (Wildman–Crippen LogP) is 2.21. The van der Waals surface area contributed by atoms with E-state index in [0.717, 1.165) is 5.70 Å². The number of allylic oxidation sites excluding steroid dienone is 1. The first-order chi connectivity index (χ1) is 7.95. The van der Waals surface area contributed by atoms with Crippen molar-refractivity contribution in [3.63, 3.8) is 0 Å². The molecule has 0 fully saturated rings. The van der Waals surface area contributed by atoms with Crippen LogP contribution in [-0.4, -0.2) is 22.9 Å². The third-order valence-electron chi connectivity index (χ3n) is 2.87. The number of hydrogen-bond acceptors (Lipinski definition) is 5. The van der Waals surface area contributed by atoms with Gasteiger partial charge in [0.05, 0.1) is 29.9 Å². The highest BCUT2D eigenvalue weighted by Gasteiger charge is 2.31. The summed E-state index contributed by atoms with van der Waals surface area (Å²) in [4.78, 5) is 11.8. The van der Waals surface area contributed by atoms with Crippen LogP contribution >= 0.6 is 12.8 Å². The van der Waals surface area contributed by atoms with Gasteiger partial charge in [-0.15, -0.1) is 0 Å². The molecule has 1 heterocycles. The SMILES string of the molecule is CCOC(=O)C1=C(C)N(S)C(C)C(C#N)=C1C. The lowest BCUT2D eigenvalue weighted by Crippen LogP contribution is -2.32. The van der Waals surface area contributed by atoms with E-state index >= 15 is 0 Å². The molecular formula is C12H16N2O2S. The molecule has 0 radical (unpaired) electrons. The third kappa shape index (κ3) is 2.32. The number of carbonyl (C=O) groups excluding carboxylic acids is 1. The summed E-state index contributed by atoms with van der Waals surface area (Å²) in [7, 11) is 0. The molecule has 1 aliphatic heterocycles. The Hall–Kier alpha value is -1.41. The second-order valence-electron chi connectivity index (χ2n) is 3.85. The molecule has 1 unspecified atom stereocenters. The third-order valence-corrected chi connectivity index (χ3v) is 3.52. The van der Waals surface area contributed by atoms with E-state index in [-0.39, 0.29) is 6.04 Å². The minimum Gasteiger partial charge on any atom is -0.462 e. The second kappa shape index (κ2) is 5.28. The van der Waals surface area contributed by atoms with Crippen LogP contribution in [0.1, 0.15) is 27.7 Å². The van der Waals surface area contributed by atoms with Gasteiger partial charge >= 0.3 is 5.97 Å². The van der Waals surface area contributed by atoms with Crippen molar-refractivity contribution in [2.45, 2.75) is 33.7 Å². The van der Waals surface area contributed by atoms with Crippen molar-refractivity contribution in [3.05, 3.63) is 22.4 Å². The van der Waals surface area contributed by atoms with Gasteiger partial charge in [-0.25, -0.2) is 4.79 Å². The second-order valence-corrected chi connectivity index (χ2v) is 4.28. The summed E-state index contributed by atoms with van der Waals surface area (Å²) in [6.45, 7) is 7.51. The average molecular weight is 252 g/mol. The van der Waals surface area contributed by atoms with E-state index < -0.39 is 5.97 Å². The summed E-state index contributed by atoms with van der Waals surface area (Å²) in [5, 5.41) is 9.12. The van der Waals surface area contributed by atoms with Crippen molar-refractivity contribution < 1.29 is 9.53 Å². The molecule has 92 valence electrons. The van der Waals surface area contributed by atoms with E-state index in [1.54, 1.807) is 25.1 Å². The topological polar surface area (TPSA) is 53.3 Å². The first-order valence-corrected chi connectivity index (χ1v) is 5.83. The number of nitrogens with zero attached hydrogens (tertiary/aromatic N) is 2. The Balaban J connectivity index is 3.31. The van der Waals surface area contributed by atoms with E-state index in [0.29, 0.717) is 23.3 Å². The Bertz CT molecular complexity index is 446. The zero-order valence-electron chi connectivity index (χ0n) is 10.4. The first kappa shape index (κ1) is 13.7. The standard InChI is InChI=1S/C12H16N2O2S/c1-5-16-12(15)11-7(2)10(6-13)8(3)14(17)9(11)4/h8,17H,5H2,1-4H3. The van der Waals surface area contributed by atoms with Crippen LogP contribution in [0.4, 0.5) is 0 Å². The highest BCUT2D eigenvalue weighted by molar-refractivity contribution is 7.77. The normalized spacial score (nSPS) is 20.5. The molecule has 0 aromatic heterocycles. The molecule has 0 amide bonds. The summed E-state index contributed by atoms with van der Waals surface area (Å²) in [5.74, 6) is -0.402. The van der Waals surface area contributed by atoms with E-state index in [1.807, 2.05) is 6.92 Å². The molecule has 0 aliphatic carbocycles. The van der Waals surface area contributed by atoms with Gasteiger partial charge in [0.25, 0.3) is 0 Å². The molecule has 0 bridgehead atoms. The average Bonchev–Trinajstić information content (AvgIpc) is 2.27. The first-order valence-electron chi connectivity index (χ1n) is 5.43. The fourth-order valence-corrected chi connectivity index (χ4v) is 2.14. The monoisotopic (exact) mass is 252 g/mol. The van der Waals surface area contributed by atoms with Gasteiger partial charge < -0.3 is 9.04 Å². The van der Waals surface area contributed by atoms with Crippen LogP contribution in [0.25, 0.3) is 0 Å². The Labute approximate surface area is 107 Å². The molecule has 0 saturated heterocycles. The van der Waals surface area contributed by atoms with E-state index in [4.69, 9.17) is 10.00 Å².